The molecule has 0 fully saturated rings. The van der Waals surface area contributed by atoms with Crippen LogP contribution in [0.3, 0.4) is 0 Å². The molecule has 0 amide bonds. The van der Waals surface area contributed by atoms with Gasteiger partial charge < -0.3 is 10.1 Å². The van der Waals surface area contributed by atoms with E-state index in [1.54, 1.807) is 13.0 Å². The number of carboxylic acid groups (broad SMARTS) is 1. The standard InChI is InChI=1S/C11H11FN2O2/c1-2-7(11(15)16)8-4-9-10(14-8)3-6(12)5-13-9/h3-5,7,14H,2H2,1H3,(H,15,16). The molecule has 0 saturated heterocycles. The quantitative estimate of drug-likeness (QED) is 0.837. The number of aromatic nitrogens is 2. The van der Waals surface area contributed by atoms with Crippen LogP contribution in [0.15, 0.2) is 18.3 Å². The number of hydrogen-bond acceptors (Lipinski definition) is 2. The third kappa shape index (κ3) is 1.76. The Hall–Kier alpha value is -1.91. The first-order valence-corrected chi connectivity index (χ1v) is 4.98. The Kier molecular flexibility index (Phi) is 2.60. The van der Waals surface area contributed by atoms with Gasteiger partial charge in [-0.25, -0.2) is 4.39 Å². The number of aliphatic carboxylic acids is 1. The van der Waals surface area contributed by atoms with E-state index in [4.69, 9.17) is 5.11 Å². The molecule has 1 atom stereocenters. The predicted molar refractivity (Wildman–Crippen MR) is 56.7 cm³/mol. The Morgan fingerprint density at radius 1 is 1.62 bits per heavy atom. The summed E-state index contributed by atoms with van der Waals surface area (Å²) in [5.74, 6) is -1.93. The number of carboxylic acids is 1. The van der Waals surface area contributed by atoms with E-state index in [1.165, 1.54) is 6.07 Å². The van der Waals surface area contributed by atoms with Crippen LogP contribution in [0.4, 0.5) is 4.39 Å². The lowest BCUT2D eigenvalue weighted by molar-refractivity contribution is -0.138. The van der Waals surface area contributed by atoms with Gasteiger partial charge in [0.15, 0.2) is 0 Å². The average molecular weight is 222 g/mol. The van der Waals surface area contributed by atoms with Crippen molar-refractivity contribution in [2.45, 2.75) is 19.3 Å². The Balaban J connectivity index is 2.49. The van der Waals surface area contributed by atoms with E-state index in [9.17, 15) is 9.18 Å². The van der Waals surface area contributed by atoms with E-state index in [-0.39, 0.29) is 0 Å². The molecule has 0 aliphatic rings. The highest BCUT2D eigenvalue weighted by Gasteiger charge is 2.19. The smallest absolute Gasteiger partial charge is 0.312 e. The monoisotopic (exact) mass is 222 g/mol. The summed E-state index contributed by atoms with van der Waals surface area (Å²) in [4.78, 5) is 17.7. The minimum absolute atomic E-state index is 0.440. The maximum absolute atomic E-state index is 12.9. The highest BCUT2D eigenvalue weighted by molar-refractivity contribution is 5.81. The number of nitrogens with one attached hydrogen (secondary N) is 1. The number of hydrogen-bond donors (Lipinski definition) is 2. The predicted octanol–water partition coefficient (Wildman–Crippen LogP) is 2.28. The summed E-state index contributed by atoms with van der Waals surface area (Å²) in [6.07, 6.45) is 1.59. The van der Waals surface area contributed by atoms with Gasteiger partial charge in [0.25, 0.3) is 0 Å². The zero-order chi connectivity index (χ0) is 11.7. The van der Waals surface area contributed by atoms with E-state index in [2.05, 4.69) is 9.97 Å². The third-order valence-electron chi connectivity index (χ3n) is 2.54. The van der Waals surface area contributed by atoms with Crippen molar-refractivity contribution in [3.8, 4) is 0 Å². The van der Waals surface area contributed by atoms with Crippen LogP contribution in [0.25, 0.3) is 11.0 Å². The van der Waals surface area contributed by atoms with Crippen molar-refractivity contribution in [3.63, 3.8) is 0 Å². The summed E-state index contributed by atoms with van der Waals surface area (Å²) in [7, 11) is 0. The van der Waals surface area contributed by atoms with Crippen molar-refractivity contribution in [2.24, 2.45) is 0 Å². The van der Waals surface area contributed by atoms with Gasteiger partial charge in [-0.1, -0.05) is 6.92 Å². The molecule has 16 heavy (non-hydrogen) atoms. The number of rotatable bonds is 3. The number of pyridine rings is 1. The van der Waals surface area contributed by atoms with Gasteiger partial charge in [0.1, 0.15) is 5.82 Å². The minimum atomic E-state index is -0.894. The van der Waals surface area contributed by atoms with Crippen LogP contribution in [0.5, 0.6) is 0 Å². The maximum atomic E-state index is 12.9. The maximum Gasteiger partial charge on any atom is 0.312 e. The summed E-state index contributed by atoms with van der Waals surface area (Å²) in [6.45, 7) is 1.79. The molecule has 5 heteroatoms. The molecule has 4 nitrogen and oxygen atoms in total. The van der Waals surface area contributed by atoms with Crippen LogP contribution in [0.2, 0.25) is 0 Å². The molecule has 2 aromatic rings. The summed E-state index contributed by atoms with van der Waals surface area (Å²) >= 11 is 0. The second kappa shape index (κ2) is 3.92. The first-order chi connectivity index (χ1) is 7.61. The second-order valence-electron chi connectivity index (χ2n) is 3.61. The number of carbonyl (C=O) groups is 1. The molecule has 0 aromatic carbocycles. The van der Waals surface area contributed by atoms with Crippen molar-refractivity contribution >= 4 is 17.0 Å². The van der Waals surface area contributed by atoms with Crippen molar-refractivity contribution in [1.29, 1.82) is 0 Å². The molecule has 0 bridgehead atoms. The first-order valence-electron chi connectivity index (χ1n) is 4.98. The van der Waals surface area contributed by atoms with E-state index < -0.39 is 17.7 Å². The molecule has 1 unspecified atom stereocenters. The molecule has 2 heterocycles. The van der Waals surface area contributed by atoms with Crippen molar-refractivity contribution < 1.29 is 14.3 Å². The second-order valence-corrected chi connectivity index (χ2v) is 3.61. The molecule has 0 aliphatic heterocycles. The van der Waals surface area contributed by atoms with Crippen LogP contribution < -0.4 is 0 Å². The molecule has 2 N–H and O–H groups in total. The average Bonchev–Trinajstić information content (AvgIpc) is 2.60. The number of nitrogens with zero attached hydrogens (tertiary/aromatic N) is 1. The molecule has 0 aliphatic carbocycles. The topological polar surface area (TPSA) is 66.0 Å². The summed E-state index contributed by atoms with van der Waals surface area (Å²) in [5.41, 5.74) is 1.66. The van der Waals surface area contributed by atoms with Gasteiger partial charge in [-0.05, 0) is 12.5 Å². The molecule has 84 valence electrons. The summed E-state index contributed by atoms with van der Waals surface area (Å²) in [6, 6.07) is 2.96. The molecule has 0 saturated carbocycles. The number of fused-ring (bicyclic) bond motifs is 1. The number of aromatic amines is 1. The van der Waals surface area contributed by atoms with E-state index >= 15 is 0 Å². The molecular formula is C11H11FN2O2. The van der Waals surface area contributed by atoms with Gasteiger partial charge in [0, 0.05) is 11.8 Å². The van der Waals surface area contributed by atoms with Gasteiger partial charge in [0.05, 0.1) is 23.1 Å². The molecule has 0 radical (unpaired) electrons. The molecular weight excluding hydrogens is 211 g/mol. The zero-order valence-corrected chi connectivity index (χ0v) is 8.70. The molecule has 2 rings (SSSR count). The third-order valence-corrected chi connectivity index (χ3v) is 2.54. The Morgan fingerprint density at radius 2 is 2.38 bits per heavy atom. The van der Waals surface area contributed by atoms with E-state index in [1.807, 2.05) is 0 Å². The fourth-order valence-electron chi connectivity index (χ4n) is 1.72. The highest BCUT2D eigenvalue weighted by Crippen LogP contribution is 2.23. The van der Waals surface area contributed by atoms with Gasteiger partial charge in [-0.2, -0.15) is 0 Å². The Bertz CT molecular complexity index is 536. The number of H-pyrrole nitrogens is 1. The van der Waals surface area contributed by atoms with Gasteiger partial charge >= 0.3 is 5.97 Å². The van der Waals surface area contributed by atoms with E-state index in [0.29, 0.717) is 23.1 Å². The van der Waals surface area contributed by atoms with Crippen LogP contribution >= 0.6 is 0 Å². The zero-order valence-electron chi connectivity index (χ0n) is 8.70. The Morgan fingerprint density at radius 3 is 3.00 bits per heavy atom. The van der Waals surface area contributed by atoms with Crippen molar-refractivity contribution in [1.82, 2.24) is 9.97 Å². The molecule has 2 aromatic heterocycles. The summed E-state index contributed by atoms with van der Waals surface area (Å²) in [5, 5.41) is 8.99. The largest absolute Gasteiger partial charge is 0.481 e. The van der Waals surface area contributed by atoms with Crippen molar-refractivity contribution in [3.05, 3.63) is 29.8 Å². The fraction of sp³-hybridized carbons (Fsp3) is 0.273. The summed E-state index contributed by atoms with van der Waals surface area (Å²) < 4.78 is 12.9. The fourth-order valence-corrected chi connectivity index (χ4v) is 1.72. The van der Waals surface area contributed by atoms with Gasteiger partial charge in [0.2, 0.25) is 0 Å². The van der Waals surface area contributed by atoms with Crippen LogP contribution in [-0.4, -0.2) is 21.0 Å². The van der Waals surface area contributed by atoms with E-state index in [0.717, 1.165) is 6.20 Å². The van der Waals surface area contributed by atoms with Crippen LogP contribution in [-0.2, 0) is 4.79 Å². The molecule has 0 spiro atoms. The first kappa shape index (κ1) is 10.6. The van der Waals surface area contributed by atoms with Crippen molar-refractivity contribution in [2.75, 3.05) is 0 Å². The lowest BCUT2D eigenvalue weighted by Crippen LogP contribution is -2.10. The van der Waals surface area contributed by atoms with Crippen LogP contribution in [0.1, 0.15) is 25.0 Å². The normalized spacial score (nSPS) is 12.9. The van der Waals surface area contributed by atoms with Gasteiger partial charge in [-0.3, -0.25) is 9.78 Å². The lowest BCUT2D eigenvalue weighted by atomic mass is 10.0. The van der Waals surface area contributed by atoms with Gasteiger partial charge in [-0.15, -0.1) is 0 Å². The minimum Gasteiger partial charge on any atom is -0.481 e. The number of halogens is 1. The SMILES string of the molecule is CCC(C(=O)O)c1cc2ncc(F)cc2[nH]1. The Labute approximate surface area is 91.1 Å². The highest BCUT2D eigenvalue weighted by atomic mass is 19.1. The lowest BCUT2D eigenvalue weighted by Gasteiger charge is -2.05. The van der Waals surface area contributed by atoms with Crippen LogP contribution in [0, 0.1) is 5.82 Å².